The van der Waals surface area contributed by atoms with Gasteiger partial charge in [0.2, 0.25) is 0 Å². The second-order valence-corrected chi connectivity index (χ2v) is 1.56. The highest BCUT2D eigenvalue weighted by atomic mass is 15.5. The van der Waals surface area contributed by atoms with Crippen LogP contribution in [0.1, 0.15) is 0 Å². The van der Waals surface area contributed by atoms with Crippen molar-refractivity contribution in [3.63, 3.8) is 0 Å². The zero-order valence-corrected chi connectivity index (χ0v) is 4.47. The third-order valence-corrected chi connectivity index (χ3v) is 1.00. The predicted molar refractivity (Wildman–Crippen MR) is 28.6 cm³/mol. The van der Waals surface area contributed by atoms with E-state index in [0.717, 1.165) is 0 Å². The molecular weight excluding hydrogens is 118 g/mol. The van der Waals surface area contributed by atoms with E-state index < -0.39 is 0 Å². The highest BCUT2D eigenvalue weighted by Crippen LogP contribution is 1.88. The van der Waals surface area contributed by atoms with Gasteiger partial charge in [0, 0.05) is 12.3 Å². The molecule has 0 aliphatic rings. The van der Waals surface area contributed by atoms with Crippen molar-refractivity contribution in [1.29, 1.82) is 0 Å². The monoisotopic (exact) mass is 121 g/mol. The first-order valence-electron chi connectivity index (χ1n) is 2.44. The number of nitrogens with zero attached hydrogens (tertiary/aromatic N) is 5. The number of rotatable bonds is 0. The molecule has 0 saturated heterocycles. The molecule has 0 aliphatic carbocycles. The molecule has 0 unspecified atom stereocenters. The summed E-state index contributed by atoms with van der Waals surface area (Å²) >= 11 is 0. The van der Waals surface area contributed by atoms with Crippen LogP contribution in [-0.2, 0) is 0 Å². The lowest BCUT2D eigenvalue weighted by molar-refractivity contribution is 0.809. The van der Waals surface area contributed by atoms with Gasteiger partial charge in [0.25, 0.3) is 0 Å². The summed E-state index contributed by atoms with van der Waals surface area (Å²) in [4.78, 5) is 3.81. The van der Waals surface area contributed by atoms with Crippen LogP contribution in [0.25, 0.3) is 5.65 Å². The highest BCUT2D eigenvalue weighted by molar-refractivity contribution is 5.31. The van der Waals surface area contributed by atoms with Crippen LogP contribution < -0.4 is 0 Å². The van der Waals surface area contributed by atoms with Gasteiger partial charge in [-0.05, 0) is 10.4 Å². The minimum absolute atomic E-state index is 0.713. The van der Waals surface area contributed by atoms with Crippen LogP contribution >= 0.6 is 0 Å². The minimum Gasteiger partial charge on any atom is -0.245 e. The highest BCUT2D eigenvalue weighted by Gasteiger charge is 1.89. The van der Waals surface area contributed by atoms with Crippen molar-refractivity contribution in [1.82, 2.24) is 25.0 Å². The Hall–Kier alpha value is -1.52. The van der Waals surface area contributed by atoms with Crippen molar-refractivity contribution in [2.75, 3.05) is 0 Å². The molecule has 2 rings (SSSR count). The zero-order valence-electron chi connectivity index (χ0n) is 4.47. The molecule has 2 aromatic rings. The Bertz CT molecular complexity index is 283. The molecule has 0 bridgehead atoms. The molecule has 0 amide bonds. The summed E-state index contributed by atoms with van der Waals surface area (Å²) in [5.74, 6) is 0. The van der Waals surface area contributed by atoms with E-state index in [1.807, 2.05) is 0 Å². The lowest BCUT2D eigenvalue weighted by atomic mass is 10.6. The summed E-state index contributed by atoms with van der Waals surface area (Å²) in [6.07, 6.45) is 3.20. The van der Waals surface area contributed by atoms with E-state index in [1.54, 1.807) is 18.6 Å². The molecule has 0 atom stereocenters. The van der Waals surface area contributed by atoms with Gasteiger partial charge >= 0.3 is 0 Å². The molecule has 44 valence electrons. The fraction of sp³-hybridized carbons (Fsp3) is 0. The van der Waals surface area contributed by atoms with E-state index in [9.17, 15) is 0 Å². The molecule has 0 fully saturated rings. The second kappa shape index (κ2) is 1.48. The Kier molecular flexibility index (Phi) is 0.717. The van der Waals surface area contributed by atoms with Gasteiger partial charge in [0.15, 0.2) is 5.65 Å². The van der Waals surface area contributed by atoms with Gasteiger partial charge in [-0.1, -0.05) is 0 Å². The van der Waals surface area contributed by atoms with Crippen molar-refractivity contribution in [3.8, 4) is 0 Å². The van der Waals surface area contributed by atoms with E-state index in [2.05, 4.69) is 20.5 Å². The van der Waals surface area contributed by atoms with Crippen molar-refractivity contribution < 1.29 is 0 Å². The molecule has 2 aromatic heterocycles. The Morgan fingerprint density at radius 1 is 1.44 bits per heavy atom. The van der Waals surface area contributed by atoms with Gasteiger partial charge in [-0.3, -0.25) is 0 Å². The van der Waals surface area contributed by atoms with E-state index in [1.165, 1.54) is 4.52 Å². The molecule has 5 heteroatoms. The average molecular weight is 121 g/mol. The minimum atomic E-state index is 0.713. The summed E-state index contributed by atoms with van der Waals surface area (Å²) in [5, 5.41) is 10.7. The van der Waals surface area contributed by atoms with Crippen LogP contribution in [0.2, 0.25) is 0 Å². The zero-order chi connectivity index (χ0) is 6.10. The molecule has 9 heavy (non-hydrogen) atoms. The predicted octanol–water partition coefficient (Wildman–Crippen LogP) is -0.481. The van der Waals surface area contributed by atoms with Crippen LogP contribution in [0.4, 0.5) is 0 Å². The average Bonchev–Trinajstić information content (AvgIpc) is 2.33. The first kappa shape index (κ1) is 4.37. The van der Waals surface area contributed by atoms with Gasteiger partial charge < -0.3 is 0 Å². The lowest BCUT2D eigenvalue weighted by Gasteiger charge is -1.81. The topological polar surface area (TPSA) is 56.0 Å². The maximum atomic E-state index is 3.81. The van der Waals surface area contributed by atoms with Gasteiger partial charge in [0.05, 0.1) is 0 Å². The maximum Gasteiger partial charge on any atom is 0.182 e. The lowest BCUT2D eigenvalue weighted by Crippen LogP contribution is -1.86. The quantitative estimate of drug-likeness (QED) is 0.472. The molecule has 2 heterocycles. The summed E-state index contributed by atoms with van der Waals surface area (Å²) in [5.41, 5.74) is 0.713. The first-order valence-corrected chi connectivity index (χ1v) is 2.44. The largest absolute Gasteiger partial charge is 0.245 e. The van der Waals surface area contributed by atoms with Gasteiger partial charge in [-0.15, -0.1) is 5.10 Å². The summed E-state index contributed by atoms with van der Waals surface area (Å²) in [7, 11) is 0. The summed E-state index contributed by atoms with van der Waals surface area (Å²) < 4.78 is 1.50. The Balaban J connectivity index is 2.95. The smallest absolute Gasteiger partial charge is 0.182 e. The Labute approximate surface area is 50.3 Å². The molecule has 0 radical (unpaired) electrons. The SMILES string of the molecule is c1cc2nnnn2cn1. The van der Waals surface area contributed by atoms with Crippen molar-refractivity contribution in [2.24, 2.45) is 0 Å². The molecule has 5 nitrogen and oxygen atoms in total. The number of aromatic nitrogens is 5. The number of hydrogen-bond donors (Lipinski definition) is 0. The Morgan fingerprint density at radius 2 is 2.44 bits per heavy atom. The number of fused-ring (bicyclic) bond motifs is 1. The van der Waals surface area contributed by atoms with E-state index >= 15 is 0 Å². The van der Waals surface area contributed by atoms with E-state index in [-0.39, 0.29) is 0 Å². The first-order chi connectivity index (χ1) is 4.47. The second-order valence-electron chi connectivity index (χ2n) is 1.56. The number of hydrogen-bond acceptors (Lipinski definition) is 4. The van der Waals surface area contributed by atoms with E-state index in [4.69, 9.17) is 0 Å². The third-order valence-electron chi connectivity index (χ3n) is 1.00. The number of tetrazole rings is 1. The van der Waals surface area contributed by atoms with Gasteiger partial charge in [0.1, 0.15) is 6.33 Å². The van der Waals surface area contributed by atoms with Crippen LogP contribution in [0.3, 0.4) is 0 Å². The van der Waals surface area contributed by atoms with Gasteiger partial charge in [-0.2, -0.15) is 4.52 Å². The van der Waals surface area contributed by atoms with Crippen molar-refractivity contribution in [2.45, 2.75) is 0 Å². The molecule has 0 saturated carbocycles. The van der Waals surface area contributed by atoms with Crippen molar-refractivity contribution in [3.05, 3.63) is 18.6 Å². The molecule has 0 N–H and O–H groups in total. The van der Waals surface area contributed by atoms with E-state index in [0.29, 0.717) is 5.65 Å². The van der Waals surface area contributed by atoms with Crippen molar-refractivity contribution >= 4 is 5.65 Å². The molecular formula is C4H3N5. The third kappa shape index (κ3) is 0.543. The summed E-state index contributed by atoms with van der Waals surface area (Å²) in [6, 6.07) is 1.74. The van der Waals surface area contributed by atoms with Gasteiger partial charge in [-0.25, -0.2) is 4.98 Å². The standard InChI is InChI=1S/C4H3N5/c1-2-5-3-9-4(1)6-7-8-9/h1-3H. The molecule has 0 spiro atoms. The molecule has 0 aliphatic heterocycles. The fourth-order valence-electron chi connectivity index (χ4n) is 0.604. The van der Waals surface area contributed by atoms with Crippen LogP contribution in [-0.4, -0.2) is 25.0 Å². The van der Waals surface area contributed by atoms with Crippen LogP contribution in [0.15, 0.2) is 18.6 Å². The summed E-state index contributed by atoms with van der Waals surface area (Å²) in [6.45, 7) is 0. The molecule has 0 aromatic carbocycles. The normalized spacial score (nSPS) is 10.2. The van der Waals surface area contributed by atoms with Crippen LogP contribution in [0.5, 0.6) is 0 Å². The Morgan fingerprint density at radius 3 is 3.33 bits per heavy atom. The van der Waals surface area contributed by atoms with Crippen LogP contribution in [0, 0.1) is 0 Å². The fourth-order valence-corrected chi connectivity index (χ4v) is 0.604. The maximum absolute atomic E-state index is 3.81.